The van der Waals surface area contributed by atoms with Crippen LogP contribution in [0.4, 0.5) is 10.1 Å². The first kappa shape index (κ1) is 12.6. The van der Waals surface area contributed by atoms with Gasteiger partial charge in [-0.2, -0.15) is 0 Å². The third kappa shape index (κ3) is 2.36. The Morgan fingerprint density at radius 3 is 2.62 bits per heavy atom. The van der Waals surface area contributed by atoms with E-state index in [-0.39, 0.29) is 11.3 Å². The number of hydrogen-bond acceptors (Lipinski definition) is 3. The van der Waals surface area contributed by atoms with Gasteiger partial charge in [0.1, 0.15) is 5.82 Å². The van der Waals surface area contributed by atoms with Crippen molar-refractivity contribution >= 4 is 5.69 Å². The van der Waals surface area contributed by atoms with Gasteiger partial charge in [0, 0.05) is 11.5 Å². The van der Waals surface area contributed by atoms with Gasteiger partial charge >= 0.3 is 0 Å². The molecular formula is C11H15FN2O2. The molecule has 0 atom stereocenters. The minimum absolute atomic E-state index is 0.130. The molecule has 0 aliphatic carbocycles. The lowest BCUT2D eigenvalue weighted by Crippen LogP contribution is -2.24. The maximum absolute atomic E-state index is 13.7. The summed E-state index contributed by atoms with van der Waals surface area (Å²) in [6.07, 6.45) is 0.495. The van der Waals surface area contributed by atoms with E-state index < -0.39 is 16.2 Å². The Labute approximate surface area is 93.4 Å². The highest BCUT2D eigenvalue weighted by molar-refractivity contribution is 5.45. The van der Waals surface area contributed by atoms with E-state index in [1.54, 1.807) is 13.8 Å². The van der Waals surface area contributed by atoms with Crippen LogP contribution in [0.15, 0.2) is 18.2 Å². The monoisotopic (exact) mass is 226 g/mol. The van der Waals surface area contributed by atoms with Crippen LogP contribution in [0.5, 0.6) is 0 Å². The lowest BCUT2D eigenvalue weighted by molar-refractivity contribution is -0.386. The zero-order valence-electron chi connectivity index (χ0n) is 9.37. The fraction of sp³-hybridized carbons (Fsp3) is 0.455. The molecule has 0 aliphatic heterocycles. The number of nitrogens with two attached hydrogens (primary N) is 1. The van der Waals surface area contributed by atoms with Crippen LogP contribution in [-0.2, 0) is 5.41 Å². The Balaban J connectivity index is 3.35. The second-order valence-corrected chi connectivity index (χ2v) is 4.31. The third-order valence-electron chi connectivity index (χ3n) is 2.63. The molecular weight excluding hydrogens is 211 g/mol. The van der Waals surface area contributed by atoms with Crippen molar-refractivity contribution in [1.29, 1.82) is 0 Å². The number of halogens is 1. The van der Waals surface area contributed by atoms with Crippen LogP contribution >= 0.6 is 0 Å². The fourth-order valence-electron chi connectivity index (χ4n) is 1.82. The highest BCUT2D eigenvalue weighted by atomic mass is 19.1. The number of hydrogen-bond donors (Lipinski definition) is 1. The average Bonchev–Trinajstić information content (AvgIpc) is 2.16. The smallest absolute Gasteiger partial charge is 0.276 e. The SMILES string of the molecule is CC(C)(CCN)c1c(F)cccc1[N+](=O)[O-]. The molecule has 88 valence electrons. The van der Waals surface area contributed by atoms with Gasteiger partial charge in [0.15, 0.2) is 0 Å². The van der Waals surface area contributed by atoms with Crippen LogP contribution in [0.3, 0.4) is 0 Å². The molecule has 0 saturated heterocycles. The molecule has 1 rings (SSSR count). The van der Waals surface area contributed by atoms with Crippen LogP contribution in [0.25, 0.3) is 0 Å². The summed E-state index contributed by atoms with van der Waals surface area (Å²) < 4.78 is 13.7. The minimum atomic E-state index is -0.636. The summed E-state index contributed by atoms with van der Waals surface area (Å²) in [5.41, 5.74) is 4.75. The van der Waals surface area contributed by atoms with Crippen LogP contribution in [0.2, 0.25) is 0 Å². The summed E-state index contributed by atoms with van der Waals surface area (Å²) >= 11 is 0. The molecule has 16 heavy (non-hydrogen) atoms. The first-order valence-electron chi connectivity index (χ1n) is 5.03. The second kappa shape index (κ2) is 4.57. The van der Waals surface area contributed by atoms with Crippen LogP contribution in [-0.4, -0.2) is 11.5 Å². The van der Waals surface area contributed by atoms with Crippen LogP contribution < -0.4 is 5.73 Å². The molecule has 0 unspecified atom stereocenters. The van der Waals surface area contributed by atoms with Gasteiger partial charge in [0.25, 0.3) is 5.69 Å². The molecule has 2 N–H and O–H groups in total. The van der Waals surface area contributed by atoms with E-state index in [2.05, 4.69) is 0 Å². The Kier molecular flexibility index (Phi) is 3.59. The van der Waals surface area contributed by atoms with E-state index in [0.29, 0.717) is 13.0 Å². The molecule has 0 saturated carbocycles. The maximum atomic E-state index is 13.7. The molecule has 0 aliphatic rings. The van der Waals surface area contributed by atoms with Gasteiger partial charge in [0.2, 0.25) is 0 Å². The van der Waals surface area contributed by atoms with Crippen molar-refractivity contribution in [3.63, 3.8) is 0 Å². The van der Waals surface area contributed by atoms with E-state index in [1.807, 2.05) is 0 Å². The minimum Gasteiger partial charge on any atom is -0.330 e. The Morgan fingerprint density at radius 2 is 2.12 bits per heavy atom. The maximum Gasteiger partial charge on any atom is 0.276 e. The van der Waals surface area contributed by atoms with Crippen molar-refractivity contribution in [1.82, 2.24) is 0 Å². The van der Waals surface area contributed by atoms with E-state index in [9.17, 15) is 14.5 Å². The van der Waals surface area contributed by atoms with E-state index >= 15 is 0 Å². The van der Waals surface area contributed by atoms with Crippen molar-refractivity contribution in [2.45, 2.75) is 25.7 Å². The molecule has 0 spiro atoms. The topological polar surface area (TPSA) is 69.2 Å². The van der Waals surface area contributed by atoms with Crippen LogP contribution in [0, 0.1) is 15.9 Å². The molecule has 1 aromatic rings. The van der Waals surface area contributed by atoms with E-state index in [0.717, 1.165) is 0 Å². The molecule has 1 aromatic carbocycles. The second-order valence-electron chi connectivity index (χ2n) is 4.31. The molecule has 5 heteroatoms. The standard InChI is InChI=1S/C11H15FN2O2/c1-11(2,6-7-13)10-8(12)4-3-5-9(10)14(15)16/h3-5H,6-7,13H2,1-2H3. The summed E-state index contributed by atoms with van der Waals surface area (Å²) in [7, 11) is 0. The zero-order valence-corrected chi connectivity index (χ0v) is 9.37. The number of rotatable bonds is 4. The highest BCUT2D eigenvalue weighted by Crippen LogP contribution is 2.35. The summed E-state index contributed by atoms with van der Waals surface area (Å²) in [6, 6.07) is 3.90. The number of nitrogens with zero attached hydrogens (tertiary/aromatic N) is 1. The van der Waals surface area contributed by atoms with Gasteiger partial charge in [-0.1, -0.05) is 19.9 Å². The number of benzene rings is 1. The normalized spacial score (nSPS) is 11.5. The molecule has 0 fully saturated rings. The Bertz CT molecular complexity index is 405. The molecule has 0 amide bonds. The fourth-order valence-corrected chi connectivity index (χ4v) is 1.82. The molecule has 0 heterocycles. The first-order valence-corrected chi connectivity index (χ1v) is 5.03. The number of nitro benzene ring substituents is 1. The van der Waals surface area contributed by atoms with Crippen molar-refractivity contribution in [2.24, 2.45) is 5.73 Å². The van der Waals surface area contributed by atoms with Gasteiger partial charge in [-0.15, -0.1) is 0 Å². The van der Waals surface area contributed by atoms with Gasteiger partial charge < -0.3 is 5.73 Å². The number of nitro groups is 1. The van der Waals surface area contributed by atoms with E-state index in [1.165, 1.54) is 18.2 Å². The summed E-state index contributed by atoms with van der Waals surface area (Å²) in [5.74, 6) is -0.548. The van der Waals surface area contributed by atoms with Crippen molar-refractivity contribution in [3.8, 4) is 0 Å². The van der Waals surface area contributed by atoms with Gasteiger partial charge in [0.05, 0.1) is 10.5 Å². The van der Waals surface area contributed by atoms with Crippen molar-refractivity contribution in [2.75, 3.05) is 6.54 Å². The quantitative estimate of drug-likeness (QED) is 0.633. The third-order valence-corrected chi connectivity index (χ3v) is 2.63. The molecule has 0 aromatic heterocycles. The molecule has 0 radical (unpaired) electrons. The summed E-state index contributed by atoms with van der Waals surface area (Å²) in [4.78, 5) is 10.3. The Morgan fingerprint density at radius 1 is 1.50 bits per heavy atom. The summed E-state index contributed by atoms with van der Waals surface area (Å²) in [5, 5.41) is 10.8. The first-order chi connectivity index (χ1) is 7.40. The highest BCUT2D eigenvalue weighted by Gasteiger charge is 2.31. The van der Waals surface area contributed by atoms with Crippen molar-refractivity contribution < 1.29 is 9.31 Å². The Hall–Kier alpha value is -1.49. The average molecular weight is 226 g/mol. The molecule has 4 nitrogen and oxygen atoms in total. The predicted octanol–water partition coefficient (Wildman–Crippen LogP) is 2.36. The van der Waals surface area contributed by atoms with Gasteiger partial charge in [-0.3, -0.25) is 10.1 Å². The predicted molar refractivity (Wildman–Crippen MR) is 59.8 cm³/mol. The van der Waals surface area contributed by atoms with E-state index in [4.69, 9.17) is 5.73 Å². The van der Waals surface area contributed by atoms with Gasteiger partial charge in [-0.25, -0.2) is 4.39 Å². The largest absolute Gasteiger partial charge is 0.330 e. The van der Waals surface area contributed by atoms with Crippen molar-refractivity contribution in [3.05, 3.63) is 39.7 Å². The zero-order chi connectivity index (χ0) is 12.3. The lowest BCUT2D eigenvalue weighted by atomic mass is 9.80. The van der Waals surface area contributed by atoms with Gasteiger partial charge in [-0.05, 0) is 19.0 Å². The van der Waals surface area contributed by atoms with Crippen LogP contribution in [0.1, 0.15) is 25.8 Å². The lowest BCUT2D eigenvalue weighted by Gasteiger charge is -2.24. The molecule has 0 bridgehead atoms. The summed E-state index contributed by atoms with van der Waals surface area (Å²) in [6.45, 7) is 3.87.